The normalized spacial score (nSPS) is 28.9. The number of alkyl carbamates (subject to hydrolysis) is 1. The number of ether oxygens (including phenoxy) is 1. The highest BCUT2D eigenvalue weighted by atomic mass is 16.5. The molecule has 1 aromatic rings. The Morgan fingerprint density at radius 3 is 2.81 bits per heavy atom. The van der Waals surface area contributed by atoms with Crippen LogP contribution < -0.4 is 5.32 Å². The fourth-order valence-electron chi connectivity index (χ4n) is 2.59. The van der Waals surface area contributed by atoms with Gasteiger partial charge in [-0.15, -0.1) is 0 Å². The molecule has 1 aromatic carbocycles. The summed E-state index contributed by atoms with van der Waals surface area (Å²) in [4.78, 5) is 11.6. The number of hydrogen-bond acceptors (Lipinski definition) is 4. The largest absolute Gasteiger partial charge is 0.445 e. The molecule has 0 aromatic heterocycles. The van der Waals surface area contributed by atoms with Crippen molar-refractivity contribution in [2.24, 2.45) is 5.92 Å². The molecule has 1 saturated carbocycles. The highest BCUT2D eigenvalue weighted by Crippen LogP contribution is 2.31. The Morgan fingerprint density at radius 1 is 1.43 bits per heavy atom. The third-order valence-corrected chi connectivity index (χ3v) is 4.07. The predicted molar refractivity (Wildman–Crippen MR) is 78.6 cm³/mol. The summed E-state index contributed by atoms with van der Waals surface area (Å²) in [6.45, 7) is 2.24. The van der Waals surface area contributed by atoms with Crippen LogP contribution in [-0.4, -0.2) is 34.6 Å². The zero-order valence-electron chi connectivity index (χ0n) is 12.3. The van der Waals surface area contributed by atoms with Gasteiger partial charge in [-0.2, -0.15) is 0 Å². The van der Waals surface area contributed by atoms with Crippen LogP contribution >= 0.6 is 0 Å². The zero-order chi connectivity index (χ0) is 15.3. The van der Waals surface area contributed by atoms with E-state index < -0.39 is 17.8 Å². The van der Waals surface area contributed by atoms with E-state index in [9.17, 15) is 15.0 Å². The number of benzene rings is 1. The molecular formula is C16H23NO4. The molecule has 0 aliphatic heterocycles. The summed E-state index contributed by atoms with van der Waals surface area (Å²) < 4.78 is 5.08. The summed E-state index contributed by atoms with van der Waals surface area (Å²) in [5.74, 6) is 0.394. The predicted octanol–water partition coefficient (Wildman–Crippen LogP) is 1.82. The lowest BCUT2D eigenvalue weighted by molar-refractivity contribution is -0.107. The van der Waals surface area contributed by atoms with Crippen molar-refractivity contribution < 1.29 is 19.7 Å². The number of rotatable bonds is 4. The second-order valence-corrected chi connectivity index (χ2v) is 5.91. The van der Waals surface area contributed by atoms with Crippen LogP contribution in [-0.2, 0) is 11.3 Å². The Hall–Kier alpha value is -1.59. The van der Waals surface area contributed by atoms with Gasteiger partial charge in [0.15, 0.2) is 0 Å². The molecule has 0 radical (unpaired) electrons. The summed E-state index contributed by atoms with van der Waals surface area (Å²) in [6, 6.07) is 9.38. The Labute approximate surface area is 124 Å². The van der Waals surface area contributed by atoms with Crippen molar-refractivity contribution in [3.05, 3.63) is 35.9 Å². The van der Waals surface area contributed by atoms with Crippen molar-refractivity contribution in [3.8, 4) is 0 Å². The number of aliphatic hydroxyl groups excluding tert-OH is 1. The average molecular weight is 293 g/mol. The summed E-state index contributed by atoms with van der Waals surface area (Å²) in [6.07, 6.45) is 0.480. The molecule has 0 heterocycles. The second kappa shape index (κ2) is 6.91. The SMILES string of the molecule is CC1CC[C@@](O)(CNC(=O)OCc2ccccc2)[C@H](O)C1. The second-order valence-electron chi connectivity index (χ2n) is 5.91. The maximum Gasteiger partial charge on any atom is 0.407 e. The Kier molecular flexibility index (Phi) is 5.20. The molecular weight excluding hydrogens is 270 g/mol. The van der Waals surface area contributed by atoms with Gasteiger partial charge in [0.1, 0.15) is 12.2 Å². The molecule has 1 amide bonds. The van der Waals surface area contributed by atoms with E-state index in [1.165, 1.54) is 0 Å². The van der Waals surface area contributed by atoms with E-state index in [2.05, 4.69) is 5.32 Å². The molecule has 3 atom stereocenters. The molecule has 5 nitrogen and oxygen atoms in total. The van der Waals surface area contributed by atoms with Crippen LogP contribution in [0.5, 0.6) is 0 Å². The molecule has 1 aliphatic rings. The summed E-state index contributed by atoms with van der Waals surface area (Å²) in [5.41, 5.74) is -0.351. The lowest BCUT2D eigenvalue weighted by Gasteiger charge is -2.39. The van der Waals surface area contributed by atoms with Crippen LogP contribution in [0.4, 0.5) is 4.79 Å². The zero-order valence-corrected chi connectivity index (χ0v) is 12.3. The van der Waals surface area contributed by atoms with Crippen molar-refractivity contribution in [1.82, 2.24) is 5.32 Å². The number of carbonyl (C=O) groups is 1. The van der Waals surface area contributed by atoms with Crippen molar-refractivity contribution in [2.75, 3.05) is 6.54 Å². The van der Waals surface area contributed by atoms with Gasteiger partial charge >= 0.3 is 6.09 Å². The number of nitrogens with one attached hydrogen (secondary N) is 1. The molecule has 1 aliphatic carbocycles. The highest BCUT2D eigenvalue weighted by molar-refractivity contribution is 5.67. The maximum absolute atomic E-state index is 11.6. The number of aliphatic hydroxyl groups is 2. The monoisotopic (exact) mass is 293 g/mol. The quantitative estimate of drug-likeness (QED) is 0.791. The topological polar surface area (TPSA) is 78.8 Å². The van der Waals surface area contributed by atoms with Crippen LogP contribution in [0, 0.1) is 5.92 Å². The van der Waals surface area contributed by atoms with Gasteiger partial charge in [0, 0.05) is 0 Å². The van der Waals surface area contributed by atoms with Gasteiger partial charge in [0.25, 0.3) is 0 Å². The Morgan fingerprint density at radius 2 is 2.14 bits per heavy atom. The number of amides is 1. The molecule has 21 heavy (non-hydrogen) atoms. The van der Waals surface area contributed by atoms with E-state index in [1.54, 1.807) is 0 Å². The molecule has 1 fully saturated rings. The smallest absolute Gasteiger partial charge is 0.407 e. The molecule has 116 valence electrons. The van der Waals surface area contributed by atoms with E-state index in [0.717, 1.165) is 12.0 Å². The van der Waals surface area contributed by atoms with Gasteiger partial charge in [0.05, 0.1) is 12.6 Å². The molecule has 2 rings (SSSR count). The van der Waals surface area contributed by atoms with Gasteiger partial charge in [-0.3, -0.25) is 0 Å². The lowest BCUT2D eigenvalue weighted by Crippen LogP contribution is -2.54. The Balaban J connectivity index is 1.76. The van der Waals surface area contributed by atoms with Crippen LogP contribution in [0.2, 0.25) is 0 Å². The van der Waals surface area contributed by atoms with Gasteiger partial charge in [-0.05, 0) is 30.7 Å². The van der Waals surface area contributed by atoms with E-state index in [0.29, 0.717) is 18.8 Å². The van der Waals surface area contributed by atoms with E-state index in [4.69, 9.17) is 4.74 Å². The van der Waals surface area contributed by atoms with Crippen LogP contribution in [0.15, 0.2) is 30.3 Å². The minimum atomic E-state index is -1.25. The lowest BCUT2D eigenvalue weighted by atomic mass is 9.77. The molecule has 0 saturated heterocycles. The van der Waals surface area contributed by atoms with Gasteiger partial charge in [-0.1, -0.05) is 37.3 Å². The molecule has 1 unspecified atom stereocenters. The number of carbonyl (C=O) groups excluding carboxylic acids is 1. The summed E-state index contributed by atoms with van der Waals surface area (Å²) in [5, 5.41) is 22.9. The number of hydrogen-bond donors (Lipinski definition) is 3. The van der Waals surface area contributed by atoms with Crippen molar-refractivity contribution >= 4 is 6.09 Å². The van der Waals surface area contributed by atoms with Crippen LogP contribution in [0.1, 0.15) is 31.7 Å². The molecule has 0 bridgehead atoms. The minimum absolute atomic E-state index is 0.00844. The van der Waals surface area contributed by atoms with Crippen molar-refractivity contribution in [1.29, 1.82) is 0 Å². The van der Waals surface area contributed by atoms with Gasteiger partial charge < -0.3 is 20.3 Å². The fraction of sp³-hybridized carbons (Fsp3) is 0.562. The van der Waals surface area contributed by atoms with Crippen LogP contribution in [0.25, 0.3) is 0 Å². The first-order chi connectivity index (χ1) is 9.99. The first-order valence-electron chi connectivity index (χ1n) is 7.34. The van der Waals surface area contributed by atoms with Crippen molar-refractivity contribution in [3.63, 3.8) is 0 Å². The fourth-order valence-corrected chi connectivity index (χ4v) is 2.59. The van der Waals surface area contributed by atoms with E-state index in [1.807, 2.05) is 37.3 Å². The third kappa shape index (κ3) is 4.44. The third-order valence-electron chi connectivity index (χ3n) is 4.07. The summed E-state index contributed by atoms with van der Waals surface area (Å²) >= 11 is 0. The minimum Gasteiger partial charge on any atom is -0.445 e. The average Bonchev–Trinajstić information content (AvgIpc) is 2.49. The molecule has 3 N–H and O–H groups in total. The highest BCUT2D eigenvalue weighted by Gasteiger charge is 2.40. The first-order valence-corrected chi connectivity index (χ1v) is 7.34. The Bertz CT molecular complexity index is 465. The van der Waals surface area contributed by atoms with E-state index in [-0.39, 0.29) is 13.2 Å². The van der Waals surface area contributed by atoms with Gasteiger partial charge in [0.2, 0.25) is 0 Å². The standard InChI is InChI=1S/C16H23NO4/c1-12-7-8-16(20,14(18)9-12)11-17-15(19)21-10-13-5-3-2-4-6-13/h2-6,12,14,18,20H,7-11H2,1H3,(H,17,19)/t12?,14-,16-/m1/s1. The first kappa shape index (κ1) is 15.8. The van der Waals surface area contributed by atoms with Gasteiger partial charge in [-0.25, -0.2) is 4.79 Å². The van der Waals surface area contributed by atoms with E-state index >= 15 is 0 Å². The summed E-state index contributed by atoms with van der Waals surface area (Å²) in [7, 11) is 0. The maximum atomic E-state index is 11.6. The van der Waals surface area contributed by atoms with Crippen molar-refractivity contribution in [2.45, 2.75) is 44.5 Å². The van der Waals surface area contributed by atoms with Crippen LogP contribution in [0.3, 0.4) is 0 Å². The molecule has 0 spiro atoms. The molecule has 5 heteroatoms.